The molecule has 1 saturated heterocycles. The fourth-order valence-corrected chi connectivity index (χ4v) is 6.91. The molecular formula is C18H44O6Si4. The van der Waals surface area contributed by atoms with E-state index in [2.05, 4.69) is 78.6 Å². The fourth-order valence-electron chi connectivity index (χ4n) is 2.99. The van der Waals surface area contributed by atoms with Gasteiger partial charge in [0.1, 0.15) is 24.4 Å². The average Bonchev–Trinajstić information content (AvgIpc) is 2.39. The van der Waals surface area contributed by atoms with Crippen LogP contribution in [-0.2, 0) is 22.4 Å². The summed E-state index contributed by atoms with van der Waals surface area (Å²) in [6, 6.07) is 0. The Hall–Kier alpha value is 0.628. The summed E-state index contributed by atoms with van der Waals surface area (Å²) in [5.74, 6) is 0. The molecule has 1 rings (SSSR count). The van der Waals surface area contributed by atoms with E-state index in [1.807, 2.05) is 0 Å². The predicted octanol–water partition coefficient (Wildman–Crippen LogP) is 4.22. The van der Waals surface area contributed by atoms with Gasteiger partial charge in [-0.15, -0.1) is 0 Å². The highest BCUT2D eigenvalue weighted by Crippen LogP contribution is 2.33. The quantitative estimate of drug-likeness (QED) is 0.511. The Balaban J connectivity index is 3.26. The standard InChI is InChI=1S/C18H44O6Si4/c1-25(2,3)20-13-14-15(22-26(4,5)6)16(23-27(7,8)9)17(18(19)21-14)24-28(10,11)12/h14-19H,13H2,1-12H3/t14-,15-,16-,17+,18+/m1/s1. The van der Waals surface area contributed by atoms with Crippen LogP contribution in [0.25, 0.3) is 0 Å². The van der Waals surface area contributed by atoms with E-state index in [0.29, 0.717) is 6.61 Å². The molecule has 1 N–H and O–H groups in total. The van der Waals surface area contributed by atoms with E-state index in [1.54, 1.807) is 0 Å². The molecule has 0 aromatic rings. The molecule has 6 nitrogen and oxygen atoms in total. The molecule has 0 saturated carbocycles. The molecule has 1 aliphatic rings. The van der Waals surface area contributed by atoms with Crippen molar-refractivity contribution in [3.8, 4) is 0 Å². The molecule has 0 radical (unpaired) electrons. The zero-order chi connectivity index (χ0) is 22.1. The molecule has 28 heavy (non-hydrogen) atoms. The van der Waals surface area contributed by atoms with Gasteiger partial charge in [-0.25, -0.2) is 0 Å². The van der Waals surface area contributed by atoms with Gasteiger partial charge < -0.3 is 27.5 Å². The Bertz CT molecular complexity index is 492. The minimum atomic E-state index is -1.94. The molecule has 0 bridgehead atoms. The van der Waals surface area contributed by atoms with Crippen molar-refractivity contribution in [3.63, 3.8) is 0 Å². The van der Waals surface area contributed by atoms with Crippen molar-refractivity contribution in [1.29, 1.82) is 0 Å². The van der Waals surface area contributed by atoms with Crippen molar-refractivity contribution < 1.29 is 27.5 Å². The van der Waals surface area contributed by atoms with E-state index in [4.69, 9.17) is 22.4 Å². The second-order valence-electron chi connectivity index (χ2n) is 11.6. The second-order valence-corrected chi connectivity index (χ2v) is 29.5. The number of ether oxygens (including phenoxy) is 1. The SMILES string of the molecule is C[Si](C)(C)OC[C@H]1O[C@H](O)[C@@H](O[Si](C)(C)C)[C@H](O[Si](C)(C)C)[C@@H]1O[Si](C)(C)C. The van der Waals surface area contributed by atoms with Crippen LogP contribution in [-0.4, -0.2) is 75.7 Å². The van der Waals surface area contributed by atoms with Crippen molar-refractivity contribution >= 4 is 33.3 Å². The minimum absolute atomic E-state index is 0.320. The summed E-state index contributed by atoms with van der Waals surface area (Å²) in [5, 5.41) is 10.8. The zero-order valence-electron chi connectivity index (χ0n) is 20.1. The van der Waals surface area contributed by atoms with Crippen LogP contribution in [0.2, 0.25) is 78.6 Å². The van der Waals surface area contributed by atoms with Gasteiger partial charge in [0.2, 0.25) is 0 Å². The Kier molecular flexibility index (Phi) is 8.96. The third-order valence-corrected chi connectivity index (χ3v) is 7.73. The van der Waals surface area contributed by atoms with Crippen LogP contribution >= 0.6 is 0 Å². The monoisotopic (exact) mass is 468 g/mol. The van der Waals surface area contributed by atoms with Crippen LogP contribution in [0.5, 0.6) is 0 Å². The molecule has 168 valence electrons. The minimum Gasteiger partial charge on any atom is -0.415 e. The van der Waals surface area contributed by atoms with Crippen LogP contribution < -0.4 is 0 Å². The van der Waals surface area contributed by atoms with Crippen LogP contribution in [0.3, 0.4) is 0 Å². The maximum Gasteiger partial charge on any atom is 0.184 e. The summed E-state index contributed by atoms with van der Waals surface area (Å²) < 4.78 is 31.7. The third kappa shape index (κ3) is 10.1. The lowest BCUT2D eigenvalue weighted by atomic mass is 9.99. The lowest BCUT2D eigenvalue weighted by molar-refractivity contribution is -0.274. The van der Waals surface area contributed by atoms with Gasteiger partial charge in [-0.2, -0.15) is 0 Å². The number of aliphatic hydroxyl groups is 1. The molecule has 5 atom stereocenters. The number of aliphatic hydroxyl groups excluding tert-OH is 1. The van der Waals surface area contributed by atoms with E-state index in [0.717, 1.165) is 0 Å². The van der Waals surface area contributed by atoms with E-state index in [9.17, 15) is 5.11 Å². The van der Waals surface area contributed by atoms with E-state index < -0.39 is 45.7 Å². The van der Waals surface area contributed by atoms with Crippen LogP contribution in [0.4, 0.5) is 0 Å². The van der Waals surface area contributed by atoms with Crippen molar-refractivity contribution in [1.82, 2.24) is 0 Å². The summed E-state index contributed by atoms with van der Waals surface area (Å²) in [4.78, 5) is 0. The van der Waals surface area contributed by atoms with E-state index >= 15 is 0 Å². The molecule has 1 fully saturated rings. The lowest BCUT2D eigenvalue weighted by Gasteiger charge is -2.49. The first-order valence-corrected chi connectivity index (χ1v) is 23.9. The Labute approximate surface area is 176 Å². The van der Waals surface area contributed by atoms with Crippen molar-refractivity contribution in [3.05, 3.63) is 0 Å². The summed E-state index contributed by atoms with van der Waals surface area (Å²) in [6.07, 6.45) is -2.67. The summed E-state index contributed by atoms with van der Waals surface area (Å²) in [7, 11) is -7.50. The second kappa shape index (κ2) is 9.41. The normalized spacial score (nSPS) is 30.5. The maximum absolute atomic E-state index is 10.8. The molecule has 1 heterocycles. The van der Waals surface area contributed by atoms with Crippen molar-refractivity contribution in [2.75, 3.05) is 6.61 Å². The Morgan fingerprint density at radius 3 is 1.39 bits per heavy atom. The number of rotatable bonds is 9. The zero-order valence-corrected chi connectivity index (χ0v) is 24.1. The highest BCUT2D eigenvalue weighted by molar-refractivity contribution is 6.71. The third-order valence-electron chi connectivity index (χ3n) is 3.76. The van der Waals surface area contributed by atoms with Gasteiger partial charge in [0.05, 0.1) is 6.61 Å². The van der Waals surface area contributed by atoms with Gasteiger partial charge >= 0.3 is 0 Å². The van der Waals surface area contributed by atoms with Gasteiger partial charge in [-0.05, 0) is 78.6 Å². The number of hydrogen-bond donors (Lipinski definition) is 1. The molecule has 0 aliphatic carbocycles. The molecular weight excluding hydrogens is 425 g/mol. The Morgan fingerprint density at radius 2 is 1.00 bits per heavy atom. The Morgan fingerprint density at radius 1 is 0.607 bits per heavy atom. The van der Waals surface area contributed by atoms with Crippen LogP contribution in [0, 0.1) is 0 Å². The molecule has 0 amide bonds. The summed E-state index contributed by atoms with van der Waals surface area (Å²) in [6.45, 7) is 26.1. The fraction of sp³-hybridized carbons (Fsp3) is 1.00. The molecule has 0 spiro atoms. The molecule has 0 unspecified atom stereocenters. The van der Waals surface area contributed by atoms with Crippen LogP contribution in [0.15, 0.2) is 0 Å². The highest BCUT2D eigenvalue weighted by Gasteiger charge is 2.51. The van der Waals surface area contributed by atoms with E-state index in [-0.39, 0.29) is 18.3 Å². The van der Waals surface area contributed by atoms with Gasteiger partial charge in [0.15, 0.2) is 39.6 Å². The van der Waals surface area contributed by atoms with Crippen molar-refractivity contribution in [2.45, 2.75) is 109 Å². The average molecular weight is 469 g/mol. The van der Waals surface area contributed by atoms with Crippen LogP contribution in [0.1, 0.15) is 0 Å². The number of hydrogen-bond acceptors (Lipinski definition) is 6. The van der Waals surface area contributed by atoms with Gasteiger partial charge in [-0.3, -0.25) is 0 Å². The summed E-state index contributed by atoms with van der Waals surface area (Å²) in [5.41, 5.74) is 0. The van der Waals surface area contributed by atoms with Gasteiger partial charge in [0.25, 0.3) is 0 Å². The molecule has 0 aromatic heterocycles. The molecule has 1 aliphatic heterocycles. The van der Waals surface area contributed by atoms with E-state index in [1.165, 1.54) is 0 Å². The smallest absolute Gasteiger partial charge is 0.184 e. The van der Waals surface area contributed by atoms with Gasteiger partial charge in [-0.1, -0.05) is 0 Å². The molecule has 0 aromatic carbocycles. The topological polar surface area (TPSA) is 66.4 Å². The van der Waals surface area contributed by atoms with Crippen molar-refractivity contribution in [2.24, 2.45) is 0 Å². The lowest BCUT2D eigenvalue weighted by Crippen LogP contribution is -2.66. The summed E-state index contributed by atoms with van der Waals surface area (Å²) >= 11 is 0. The largest absolute Gasteiger partial charge is 0.415 e. The first-order chi connectivity index (χ1) is 12.3. The first kappa shape index (κ1) is 26.7. The highest BCUT2D eigenvalue weighted by atomic mass is 28.4. The van der Waals surface area contributed by atoms with Gasteiger partial charge in [0, 0.05) is 0 Å². The maximum atomic E-state index is 10.8. The predicted molar refractivity (Wildman–Crippen MR) is 125 cm³/mol. The molecule has 10 heteroatoms. The first-order valence-electron chi connectivity index (χ1n) is 10.3.